The molecule has 0 spiro atoms. The molecule has 1 aliphatic heterocycles. The molecule has 0 saturated carbocycles. The van der Waals surface area contributed by atoms with Crippen molar-refractivity contribution in [1.29, 1.82) is 0 Å². The summed E-state index contributed by atoms with van der Waals surface area (Å²) in [5, 5.41) is 4.11. The minimum absolute atomic E-state index is 0.191. The first kappa shape index (κ1) is 26.4. The summed E-state index contributed by atoms with van der Waals surface area (Å²) in [4.78, 5) is 36.2. The lowest BCUT2D eigenvalue weighted by atomic mass is 10.1. The van der Waals surface area contributed by atoms with Crippen molar-refractivity contribution >= 4 is 40.9 Å². The highest BCUT2D eigenvalue weighted by Gasteiger charge is 2.22. The van der Waals surface area contributed by atoms with Gasteiger partial charge >= 0.3 is 6.09 Å². The highest BCUT2D eigenvalue weighted by Crippen LogP contribution is 2.34. The fourth-order valence-corrected chi connectivity index (χ4v) is 3.90. The Balaban J connectivity index is 2.01. The number of carbonyl (C=O) groups is 2. The van der Waals surface area contributed by atoms with Crippen molar-refractivity contribution in [3.8, 4) is 11.8 Å². The maximum absolute atomic E-state index is 12.9. The van der Waals surface area contributed by atoms with Gasteiger partial charge in [-0.25, -0.2) is 14.9 Å². The second-order valence-electron chi connectivity index (χ2n) is 8.47. The van der Waals surface area contributed by atoms with Gasteiger partial charge < -0.3 is 15.8 Å². The number of alkyl carbamates (subject to hydrolysis) is 1. The summed E-state index contributed by atoms with van der Waals surface area (Å²) >= 11 is 1.47. The summed E-state index contributed by atoms with van der Waals surface area (Å²) in [5.74, 6) is 6.44. The van der Waals surface area contributed by atoms with Crippen molar-refractivity contribution in [2.24, 2.45) is 10.7 Å². The topological polar surface area (TPSA) is 106 Å². The van der Waals surface area contributed by atoms with Gasteiger partial charge in [0.1, 0.15) is 11.4 Å². The fourth-order valence-electron chi connectivity index (χ4n) is 2.96. The van der Waals surface area contributed by atoms with Crippen LogP contribution in [0.4, 0.5) is 10.5 Å². The number of aliphatic imine (C=N–C) groups is 1. The number of rotatable bonds is 8. The monoisotopic (exact) mass is 474 g/mol. The summed E-state index contributed by atoms with van der Waals surface area (Å²) in [6.07, 6.45) is 3.82. The minimum Gasteiger partial charge on any atom is -0.444 e. The highest BCUT2D eigenvalue weighted by molar-refractivity contribution is 7.14. The first-order chi connectivity index (χ1) is 15.6. The van der Waals surface area contributed by atoms with Gasteiger partial charge in [-0.2, -0.15) is 0 Å². The van der Waals surface area contributed by atoms with Crippen LogP contribution in [0.25, 0.3) is 6.08 Å². The van der Waals surface area contributed by atoms with E-state index in [-0.39, 0.29) is 12.3 Å². The van der Waals surface area contributed by atoms with Gasteiger partial charge in [0.15, 0.2) is 0 Å². The Morgan fingerprint density at radius 2 is 2.09 bits per heavy atom. The third kappa shape index (κ3) is 8.91. The second kappa shape index (κ2) is 12.4. The van der Waals surface area contributed by atoms with E-state index in [0.29, 0.717) is 43.9 Å². The first-order valence-corrected chi connectivity index (χ1v) is 12.0. The van der Waals surface area contributed by atoms with Gasteiger partial charge in [-0.05, 0) is 52.7 Å². The summed E-state index contributed by atoms with van der Waals surface area (Å²) in [5.41, 5.74) is 6.83. The number of thiophene rings is 1. The van der Waals surface area contributed by atoms with E-state index in [1.165, 1.54) is 16.4 Å². The van der Waals surface area contributed by atoms with Gasteiger partial charge in [-0.1, -0.05) is 18.8 Å². The molecule has 0 unspecified atom stereocenters. The van der Waals surface area contributed by atoms with Crippen molar-refractivity contribution in [2.75, 3.05) is 19.7 Å². The van der Waals surface area contributed by atoms with Crippen LogP contribution in [-0.2, 0) is 14.4 Å². The van der Waals surface area contributed by atoms with E-state index in [1.54, 1.807) is 0 Å². The largest absolute Gasteiger partial charge is 0.444 e. The van der Waals surface area contributed by atoms with E-state index in [2.05, 4.69) is 22.2 Å². The van der Waals surface area contributed by atoms with E-state index in [4.69, 9.17) is 15.3 Å². The van der Waals surface area contributed by atoms with Crippen LogP contribution in [0.5, 0.6) is 0 Å². The van der Waals surface area contributed by atoms with Crippen LogP contribution < -0.4 is 11.1 Å². The van der Waals surface area contributed by atoms with Gasteiger partial charge in [0.2, 0.25) is 0 Å². The molecule has 2 amide bonds. The lowest BCUT2D eigenvalue weighted by Crippen LogP contribution is -2.34. The third-order valence-corrected chi connectivity index (χ3v) is 5.24. The molecule has 1 aliphatic rings. The van der Waals surface area contributed by atoms with Crippen molar-refractivity contribution in [1.82, 2.24) is 10.4 Å². The number of unbranched alkanes of at least 4 members (excludes halogenated alkanes) is 1. The molecule has 8 nitrogen and oxygen atoms in total. The van der Waals surface area contributed by atoms with E-state index in [9.17, 15) is 9.59 Å². The van der Waals surface area contributed by atoms with Crippen LogP contribution in [0.15, 0.2) is 16.6 Å². The number of nitrogens with two attached hydrogens (primary N) is 1. The summed E-state index contributed by atoms with van der Waals surface area (Å²) in [6.45, 7) is 10.7. The average molecular weight is 475 g/mol. The zero-order valence-electron chi connectivity index (χ0n) is 20.1. The Morgan fingerprint density at radius 1 is 1.33 bits per heavy atom. The molecule has 1 aromatic heterocycles. The SMILES string of the molecule is CCCN(OCC)C(=O)C1=Cc2sc(C#CCCCNC(=O)OC(C)(C)C)cc2N=C(N)C1. The number of hydroxylamine groups is 2. The highest BCUT2D eigenvalue weighted by atomic mass is 32.1. The lowest BCUT2D eigenvalue weighted by molar-refractivity contribution is -0.180. The number of nitrogens with zero attached hydrogens (tertiary/aromatic N) is 2. The van der Waals surface area contributed by atoms with Gasteiger partial charge in [0, 0.05) is 31.5 Å². The lowest BCUT2D eigenvalue weighted by Gasteiger charge is -2.21. The zero-order chi connectivity index (χ0) is 24.4. The van der Waals surface area contributed by atoms with E-state index in [0.717, 1.165) is 21.9 Å². The van der Waals surface area contributed by atoms with Crippen LogP contribution in [0.3, 0.4) is 0 Å². The predicted octanol–water partition coefficient (Wildman–Crippen LogP) is 4.37. The minimum atomic E-state index is -0.511. The molecule has 180 valence electrons. The molecule has 0 fully saturated rings. The van der Waals surface area contributed by atoms with Gasteiger partial charge in [0.05, 0.1) is 22.0 Å². The maximum Gasteiger partial charge on any atom is 0.407 e. The molecule has 9 heteroatoms. The van der Waals surface area contributed by atoms with E-state index < -0.39 is 11.7 Å². The molecule has 0 atom stereocenters. The third-order valence-electron chi connectivity index (χ3n) is 4.25. The Kier molecular flexibility index (Phi) is 9.95. The molecule has 0 saturated heterocycles. The van der Waals surface area contributed by atoms with Crippen molar-refractivity contribution in [3.05, 3.63) is 21.4 Å². The summed E-state index contributed by atoms with van der Waals surface area (Å²) in [7, 11) is 0. The molecule has 3 N–H and O–H groups in total. The number of carbonyl (C=O) groups excluding carboxylic acids is 2. The first-order valence-electron chi connectivity index (χ1n) is 11.2. The molecule has 0 bridgehead atoms. The number of hydrogen-bond acceptors (Lipinski definition) is 7. The Labute approximate surface area is 200 Å². The molecule has 0 aromatic carbocycles. The molecule has 2 rings (SSSR count). The Bertz CT molecular complexity index is 957. The van der Waals surface area contributed by atoms with Crippen molar-refractivity contribution < 1.29 is 19.2 Å². The summed E-state index contributed by atoms with van der Waals surface area (Å²) in [6, 6.07) is 1.88. The molecular formula is C24H34N4O4S. The molecule has 1 aromatic rings. The molecule has 2 heterocycles. The van der Waals surface area contributed by atoms with Crippen molar-refractivity contribution in [2.45, 2.75) is 65.9 Å². The molecule has 33 heavy (non-hydrogen) atoms. The Hall–Kier alpha value is -2.83. The normalized spacial score (nSPS) is 13.0. The van der Waals surface area contributed by atoms with Crippen molar-refractivity contribution in [3.63, 3.8) is 0 Å². The van der Waals surface area contributed by atoms with Crippen LogP contribution in [0.2, 0.25) is 0 Å². The number of amidine groups is 1. The molecule has 0 aliphatic carbocycles. The molecular weight excluding hydrogens is 440 g/mol. The van der Waals surface area contributed by atoms with Gasteiger partial charge in [0.25, 0.3) is 5.91 Å². The van der Waals surface area contributed by atoms with Crippen LogP contribution in [0, 0.1) is 11.8 Å². The number of ether oxygens (including phenoxy) is 1. The number of fused-ring (bicyclic) bond motifs is 1. The second-order valence-corrected chi connectivity index (χ2v) is 9.55. The number of hydrogen-bond donors (Lipinski definition) is 2. The zero-order valence-corrected chi connectivity index (χ0v) is 20.9. The quantitative estimate of drug-likeness (QED) is 0.331. The Morgan fingerprint density at radius 3 is 2.76 bits per heavy atom. The number of nitrogens with one attached hydrogen (secondary N) is 1. The standard InChI is InChI=1S/C24H34N4O4S/c1-6-13-28(31-7-2)22(29)17-14-20-19(27-21(25)15-17)16-18(33-20)11-9-8-10-12-26-23(30)32-24(3,4)5/h14,16H,6-8,10,12-13,15H2,1-5H3,(H2,25,27)(H,26,30). The van der Waals surface area contributed by atoms with Gasteiger partial charge in [-0.15, -0.1) is 11.3 Å². The van der Waals surface area contributed by atoms with Gasteiger partial charge in [-0.3, -0.25) is 9.63 Å². The smallest absolute Gasteiger partial charge is 0.407 e. The van der Waals surface area contributed by atoms with Crippen LogP contribution in [0.1, 0.15) is 70.1 Å². The number of amides is 2. The van der Waals surface area contributed by atoms with E-state index in [1.807, 2.05) is 46.8 Å². The summed E-state index contributed by atoms with van der Waals surface area (Å²) < 4.78 is 5.20. The van der Waals surface area contributed by atoms with Crippen LogP contribution in [-0.4, -0.2) is 48.2 Å². The fraction of sp³-hybridized carbons (Fsp3) is 0.542. The van der Waals surface area contributed by atoms with Crippen LogP contribution >= 0.6 is 11.3 Å². The maximum atomic E-state index is 12.9. The predicted molar refractivity (Wildman–Crippen MR) is 132 cm³/mol. The van der Waals surface area contributed by atoms with E-state index >= 15 is 0 Å². The average Bonchev–Trinajstić information content (AvgIpc) is 3.01. The molecule has 0 radical (unpaired) electrons.